The molecule has 0 unspecified atom stereocenters. The lowest BCUT2D eigenvalue weighted by molar-refractivity contribution is 0.204. The van der Waals surface area contributed by atoms with Crippen molar-refractivity contribution in [2.75, 3.05) is 27.3 Å². The van der Waals surface area contributed by atoms with Crippen LogP contribution in [0.5, 0.6) is 0 Å². The van der Waals surface area contributed by atoms with Crippen LogP contribution >= 0.6 is 11.3 Å². The number of methoxy groups -OCH3 is 1. The second-order valence-electron chi connectivity index (χ2n) is 3.59. The smallest absolute Gasteiger partial charge is 0.242 e. The third kappa shape index (κ3) is 3.75. The minimum atomic E-state index is -3.43. The molecule has 1 heterocycles. The lowest BCUT2D eigenvalue weighted by atomic mass is 10.3. The van der Waals surface area contributed by atoms with Gasteiger partial charge in [-0.2, -0.15) is 0 Å². The van der Waals surface area contributed by atoms with Gasteiger partial charge in [-0.25, -0.2) is 13.1 Å². The van der Waals surface area contributed by atoms with Gasteiger partial charge in [0, 0.05) is 25.1 Å². The quantitative estimate of drug-likeness (QED) is 0.721. The Kier molecular flexibility index (Phi) is 5.54. The minimum Gasteiger partial charge on any atom is -0.383 e. The third-order valence-corrected chi connectivity index (χ3v) is 5.12. The zero-order valence-corrected chi connectivity index (χ0v) is 11.9. The van der Waals surface area contributed by atoms with Crippen LogP contribution in [-0.4, -0.2) is 35.7 Å². The summed E-state index contributed by atoms with van der Waals surface area (Å²) in [6, 6.07) is 0. The van der Waals surface area contributed by atoms with E-state index in [9.17, 15) is 8.42 Å². The number of thiophene rings is 1. The van der Waals surface area contributed by atoms with Crippen LogP contribution in [-0.2, 0) is 21.3 Å². The Morgan fingerprint density at radius 2 is 2.18 bits per heavy atom. The summed E-state index contributed by atoms with van der Waals surface area (Å²) in [7, 11) is -0.0986. The fourth-order valence-corrected chi connectivity index (χ4v) is 4.31. The molecule has 0 aliphatic carbocycles. The van der Waals surface area contributed by atoms with Crippen molar-refractivity contribution in [3.63, 3.8) is 0 Å². The van der Waals surface area contributed by atoms with Crippen LogP contribution in [0.1, 0.15) is 10.4 Å². The van der Waals surface area contributed by atoms with Crippen molar-refractivity contribution < 1.29 is 13.2 Å². The lowest BCUT2D eigenvalue weighted by Gasteiger charge is -2.08. The lowest BCUT2D eigenvalue weighted by Crippen LogP contribution is -2.28. The molecule has 0 amide bonds. The standard InChI is InChI=1S/C10H18N2O3S2/c1-8-7-16-9(6-11-2)10(8)17(13,14)12-4-5-15-3/h7,11-12H,4-6H2,1-3H3. The second-order valence-corrected chi connectivity index (χ2v) is 6.26. The normalized spacial score (nSPS) is 11.9. The van der Waals surface area contributed by atoms with Gasteiger partial charge < -0.3 is 10.1 Å². The first-order valence-corrected chi connectivity index (χ1v) is 7.59. The van der Waals surface area contributed by atoms with Crippen LogP contribution in [0.15, 0.2) is 10.3 Å². The average Bonchev–Trinajstić information content (AvgIpc) is 2.61. The van der Waals surface area contributed by atoms with Gasteiger partial charge in [-0.3, -0.25) is 0 Å². The zero-order chi connectivity index (χ0) is 12.9. The average molecular weight is 278 g/mol. The van der Waals surface area contributed by atoms with Crippen molar-refractivity contribution in [1.29, 1.82) is 0 Å². The molecule has 0 spiro atoms. The molecule has 0 bridgehead atoms. The molecule has 1 aromatic heterocycles. The molecule has 2 N–H and O–H groups in total. The molecule has 17 heavy (non-hydrogen) atoms. The van der Waals surface area contributed by atoms with Crippen molar-refractivity contribution >= 4 is 21.4 Å². The molecule has 0 fully saturated rings. The zero-order valence-electron chi connectivity index (χ0n) is 10.2. The predicted molar refractivity (Wildman–Crippen MR) is 68.9 cm³/mol. The van der Waals surface area contributed by atoms with Gasteiger partial charge in [-0.15, -0.1) is 11.3 Å². The number of nitrogens with one attached hydrogen (secondary N) is 2. The van der Waals surface area contributed by atoms with Crippen molar-refractivity contribution in [3.05, 3.63) is 15.8 Å². The summed E-state index contributed by atoms with van der Waals surface area (Å²) in [5.74, 6) is 0. The Morgan fingerprint density at radius 3 is 2.76 bits per heavy atom. The van der Waals surface area contributed by atoms with E-state index in [1.54, 1.807) is 14.0 Å². The molecular weight excluding hydrogens is 260 g/mol. The van der Waals surface area contributed by atoms with E-state index in [1.165, 1.54) is 18.4 Å². The highest BCUT2D eigenvalue weighted by Gasteiger charge is 2.21. The highest BCUT2D eigenvalue weighted by atomic mass is 32.2. The summed E-state index contributed by atoms with van der Waals surface area (Å²) in [5.41, 5.74) is 0.783. The molecule has 1 aromatic rings. The maximum absolute atomic E-state index is 12.1. The van der Waals surface area contributed by atoms with E-state index >= 15 is 0 Å². The van der Waals surface area contributed by atoms with E-state index in [4.69, 9.17) is 4.74 Å². The topological polar surface area (TPSA) is 67.4 Å². The molecule has 98 valence electrons. The van der Waals surface area contributed by atoms with Gasteiger partial charge in [0.05, 0.1) is 6.61 Å². The van der Waals surface area contributed by atoms with Gasteiger partial charge in [0.25, 0.3) is 0 Å². The SMILES string of the molecule is CNCc1scc(C)c1S(=O)(=O)NCCOC. The molecule has 0 saturated heterocycles. The van der Waals surface area contributed by atoms with Gasteiger partial charge in [-0.05, 0) is 24.9 Å². The number of aryl methyl sites for hydroxylation is 1. The molecular formula is C10H18N2O3S2. The van der Waals surface area contributed by atoms with Gasteiger partial charge in [0.1, 0.15) is 4.90 Å². The maximum atomic E-state index is 12.1. The number of rotatable bonds is 7. The fraction of sp³-hybridized carbons (Fsp3) is 0.600. The Morgan fingerprint density at radius 1 is 1.47 bits per heavy atom. The van der Waals surface area contributed by atoms with Gasteiger partial charge in [-0.1, -0.05) is 0 Å². The van der Waals surface area contributed by atoms with Gasteiger partial charge in [0.2, 0.25) is 10.0 Å². The predicted octanol–water partition coefficient (Wildman–Crippen LogP) is 0.701. The van der Waals surface area contributed by atoms with Crippen LogP contribution in [0, 0.1) is 6.92 Å². The van der Waals surface area contributed by atoms with E-state index in [0.29, 0.717) is 18.0 Å². The van der Waals surface area contributed by atoms with Crippen molar-refractivity contribution in [3.8, 4) is 0 Å². The minimum absolute atomic E-state index is 0.285. The molecule has 5 nitrogen and oxygen atoms in total. The summed E-state index contributed by atoms with van der Waals surface area (Å²) in [6.45, 7) is 3.01. The van der Waals surface area contributed by atoms with Gasteiger partial charge >= 0.3 is 0 Å². The van der Waals surface area contributed by atoms with Crippen LogP contribution in [0.4, 0.5) is 0 Å². The first-order chi connectivity index (χ1) is 8.03. The van der Waals surface area contributed by atoms with Crippen LogP contribution in [0.25, 0.3) is 0 Å². The molecule has 0 aliphatic rings. The Bertz CT molecular complexity index is 454. The maximum Gasteiger partial charge on any atom is 0.242 e. The first-order valence-electron chi connectivity index (χ1n) is 5.23. The van der Waals surface area contributed by atoms with Gasteiger partial charge in [0.15, 0.2) is 0 Å². The molecule has 7 heteroatoms. The Hall–Kier alpha value is -0.470. The van der Waals surface area contributed by atoms with Crippen LogP contribution in [0.3, 0.4) is 0 Å². The Balaban J connectivity index is 2.93. The summed E-state index contributed by atoms with van der Waals surface area (Å²) >= 11 is 1.45. The molecule has 0 radical (unpaired) electrons. The van der Waals surface area contributed by atoms with Crippen molar-refractivity contribution in [2.45, 2.75) is 18.4 Å². The monoisotopic (exact) mass is 278 g/mol. The van der Waals surface area contributed by atoms with E-state index in [0.717, 1.165) is 10.4 Å². The third-order valence-electron chi connectivity index (χ3n) is 2.19. The van der Waals surface area contributed by atoms with Crippen molar-refractivity contribution in [1.82, 2.24) is 10.0 Å². The van der Waals surface area contributed by atoms with E-state index in [2.05, 4.69) is 10.0 Å². The molecule has 0 saturated carbocycles. The number of ether oxygens (including phenoxy) is 1. The first kappa shape index (κ1) is 14.6. The van der Waals surface area contributed by atoms with E-state index in [1.807, 2.05) is 5.38 Å². The molecule has 0 aromatic carbocycles. The summed E-state index contributed by atoms with van der Waals surface area (Å²) in [6.07, 6.45) is 0. The fourth-order valence-electron chi connectivity index (χ4n) is 1.48. The number of hydrogen-bond donors (Lipinski definition) is 2. The van der Waals surface area contributed by atoms with Crippen LogP contribution < -0.4 is 10.0 Å². The molecule has 1 rings (SSSR count). The second kappa shape index (κ2) is 6.46. The van der Waals surface area contributed by atoms with E-state index < -0.39 is 10.0 Å². The Labute approximate surface area is 106 Å². The van der Waals surface area contributed by atoms with Crippen LogP contribution in [0.2, 0.25) is 0 Å². The number of hydrogen-bond acceptors (Lipinski definition) is 5. The summed E-state index contributed by atoms with van der Waals surface area (Å²) in [4.78, 5) is 1.22. The molecule has 0 aliphatic heterocycles. The number of sulfonamides is 1. The van der Waals surface area contributed by atoms with E-state index in [-0.39, 0.29) is 6.54 Å². The summed E-state index contributed by atoms with van der Waals surface area (Å²) in [5, 5.41) is 4.83. The highest BCUT2D eigenvalue weighted by Crippen LogP contribution is 2.26. The highest BCUT2D eigenvalue weighted by molar-refractivity contribution is 7.89. The van der Waals surface area contributed by atoms with Crippen molar-refractivity contribution in [2.24, 2.45) is 0 Å². The largest absolute Gasteiger partial charge is 0.383 e. The summed E-state index contributed by atoms with van der Waals surface area (Å²) < 4.78 is 31.5. The molecule has 0 atom stereocenters.